The first kappa shape index (κ1) is 16.5. The van der Waals surface area contributed by atoms with Crippen LogP contribution in [-0.2, 0) is 0 Å². The first-order chi connectivity index (χ1) is 10.7. The zero-order valence-corrected chi connectivity index (χ0v) is 13.3. The van der Waals surface area contributed by atoms with Crippen LogP contribution < -0.4 is 5.32 Å². The van der Waals surface area contributed by atoms with E-state index in [0.29, 0.717) is 5.13 Å². The number of aryl methyl sites for hydroxylation is 2. The number of benzene rings is 1. The Morgan fingerprint density at radius 1 is 1.13 bits per heavy atom. The van der Waals surface area contributed by atoms with E-state index >= 15 is 0 Å². The summed E-state index contributed by atoms with van der Waals surface area (Å²) < 4.78 is 0. The lowest BCUT2D eigenvalue weighted by molar-refractivity contribution is -0.395. The lowest BCUT2D eigenvalue weighted by Crippen LogP contribution is -2.13. The minimum atomic E-state index is -0.753. The molecule has 10 heteroatoms. The quantitative estimate of drug-likeness (QED) is 0.674. The number of thiazole rings is 1. The lowest BCUT2D eigenvalue weighted by Gasteiger charge is -2.04. The molecule has 0 aliphatic carbocycles. The highest BCUT2D eigenvalue weighted by Crippen LogP contribution is 2.30. The van der Waals surface area contributed by atoms with Gasteiger partial charge in [0.2, 0.25) is 0 Å². The summed E-state index contributed by atoms with van der Waals surface area (Å²) in [7, 11) is 0. The molecule has 0 bridgehead atoms. The van der Waals surface area contributed by atoms with Crippen molar-refractivity contribution in [3.8, 4) is 0 Å². The summed E-state index contributed by atoms with van der Waals surface area (Å²) in [5.41, 5.74) is -0.463. The highest BCUT2D eigenvalue weighted by Gasteiger charge is 2.25. The molecule has 0 atom stereocenters. The van der Waals surface area contributed by atoms with E-state index in [-0.39, 0.29) is 11.1 Å². The SMILES string of the molecule is Cc1nc(NC(=O)c2cc([N+](=O)[O-])c(C)c([N+](=O)[O-])c2)sc1C. The number of nitro groups is 2. The summed E-state index contributed by atoms with van der Waals surface area (Å²) >= 11 is 1.25. The minimum Gasteiger partial charge on any atom is -0.298 e. The third kappa shape index (κ3) is 3.31. The van der Waals surface area contributed by atoms with Gasteiger partial charge in [0, 0.05) is 17.0 Å². The summed E-state index contributed by atoms with van der Waals surface area (Å²) in [4.78, 5) is 37.8. The maximum Gasteiger partial charge on any atom is 0.279 e. The number of aromatic nitrogens is 1. The van der Waals surface area contributed by atoms with Crippen molar-refractivity contribution in [2.45, 2.75) is 20.8 Å². The second kappa shape index (κ2) is 6.08. The molecule has 1 heterocycles. The highest BCUT2D eigenvalue weighted by molar-refractivity contribution is 7.15. The summed E-state index contributed by atoms with van der Waals surface area (Å²) in [5.74, 6) is -0.690. The molecule has 0 aliphatic heterocycles. The Kier molecular flexibility index (Phi) is 4.36. The second-order valence-electron chi connectivity index (χ2n) is 4.77. The average Bonchev–Trinajstić information content (AvgIpc) is 2.76. The van der Waals surface area contributed by atoms with Crippen LogP contribution in [0.15, 0.2) is 12.1 Å². The fraction of sp³-hybridized carbons (Fsp3) is 0.231. The van der Waals surface area contributed by atoms with Crippen LogP contribution in [0.25, 0.3) is 0 Å². The molecule has 1 aromatic heterocycles. The van der Waals surface area contributed by atoms with Gasteiger partial charge in [0.25, 0.3) is 17.3 Å². The Morgan fingerprint density at radius 3 is 2.04 bits per heavy atom. The van der Waals surface area contributed by atoms with Gasteiger partial charge in [0.05, 0.1) is 21.1 Å². The number of rotatable bonds is 4. The Labute approximate surface area is 134 Å². The van der Waals surface area contributed by atoms with Gasteiger partial charge in [-0.3, -0.25) is 30.3 Å². The van der Waals surface area contributed by atoms with Crippen molar-refractivity contribution in [1.82, 2.24) is 4.98 Å². The standard InChI is InChI=1S/C13H12N4O5S/c1-6-10(16(19)20)4-9(5-11(6)17(21)22)12(18)15-13-14-7(2)8(3)23-13/h4-5H,1-3H3,(H,14,15,18). The zero-order valence-electron chi connectivity index (χ0n) is 12.4. The molecule has 23 heavy (non-hydrogen) atoms. The van der Waals surface area contributed by atoms with Crippen molar-refractivity contribution < 1.29 is 14.6 Å². The van der Waals surface area contributed by atoms with Gasteiger partial charge in [-0.15, -0.1) is 11.3 Å². The number of anilines is 1. The summed E-state index contributed by atoms with van der Waals surface area (Å²) in [5, 5.41) is 24.9. The van der Waals surface area contributed by atoms with Crippen LogP contribution in [0.4, 0.5) is 16.5 Å². The summed E-state index contributed by atoms with van der Waals surface area (Å²) in [6.45, 7) is 4.89. The molecule has 0 unspecified atom stereocenters. The van der Waals surface area contributed by atoms with Gasteiger partial charge in [-0.05, 0) is 20.8 Å². The molecule has 0 radical (unpaired) electrons. The molecule has 1 N–H and O–H groups in total. The number of amides is 1. The van der Waals surface area contributed by atoms with Crippen LogP contribution >= 0.6 is 11.3 Å². The third-order valence-electron chi connectivity index (χ3n) is 3.26. The van der Waals surface area contributed by atoms with Crippen molar-refractivity contribution >= 4 is 33.8 Å². The number of hydrogen-bond acceptors (Lipinski definition) is 7. The van der Waals surface area contributed by atoms with Crippen LogP contribution in [0.3, 0.4) is 0 Å². The van der Waals surface area contributed by atoms with Crippen molar-refractivity contribution in [1.29, 1.82) is 0 Å². The Bertz CT molecular complexity index is 775. The molecular weight excluding hydrogens is 324 g/mol. The molecule has 1 aromatic carbocycles. The van der Waals surface area contributed by atoms with Crippen LogP contribution in [0, 0.1) is 41.0 Å². The van der Waals surface area contributed by atoms with Crippen LogP contribution in [-0.4, -0.2) is 20.7 Å². The van der Waals surface area contributed by atoms with Crippen molar-refractivity contribution in [2.24, 2.45) is 0 Å². The monoisotopic (exact) mass is 336 g/mol. The second-order valence-corrected chi connectivity index (χ2v) is 5.97. The molecule has 0 saturated carbocycles. The molecule has 0 saturated heterocycles. The zero-order chi connectivity index (χ0) is 17.3. The van der Waals surface area contributed by atoms with Crippen molar-refractivity contribution in [3.05, 3.63) is 54.1 Å². The fourth-order valence-electron chi connectivity index (χ4n) is 1.89. The normalized spacial score (nSPS) is 10.4. The number of nitro benzene ring substituents is 2. The van der Waals surface area contributed by atoms with E-state index in [1.54, 1.807) is 6.92 Å². The van der Waals surface area contributed by atoms with Gasteiger partial charge in [-0.25, -0.2) is 4.98 Å². The number of hydrogen-bond donors (Lipinski definition) is 1. The molecule has 2 aromatic rings. The van der Waals surface area contributed by atoms with Crippen LogP contribution in [0.1, 0.15) is 26.5 Å². The van der Waals surface area contributed by atoms with Crippen LogP contribution in [0.2, 0.25) is 0 Å². The molecule has 2 rings (SSSR count). The van der Waals surface area contributed by atoms with Crippen molar-refractivity contribution in [3.63, 3.8) is 0 Å². The summed E-state index contributed by atoms with van der Waals surface area (Å²) in [6.07, 6.45) is 0. The predicted molar refractivity (Wildman–Crippen MR) is 84.0 cm³/mol. The van der Waals surface area contributed by atoms with Gasteiger partial charge in [-0.1, -0.05) is 0 Å². The molecule has 120 valence electrons. The smallest absolute Gasteiger partial charge is 0.279 e. The van der Waals surface area contributed by atoms with E-state index in [1.807, 2.05) is 6.92 Å². The topological polar surface area (TPSA) is 128 Å². The maximum absolute atomic E-state index is 12.2. The summed E-state index contributed by atoms with van der Waals surface area (Å²) in [6, 6.07) is 2.04. The first-order valence-corrected chi connectivity index (χ1v) is 7.21. The van der Waals surface area contributed by atoms with Gasteiger partial charge in [0.1, 0.15) is 5.56 Å². The number of nitrogens with one attached hydrogen (secondary N) is 1. The Hall–Kier alpha value is -2.88. The van der Waals surface area contributed by atoms with E-state index < -0.39 is 27.1 Å². The third-order valence-corrected chi connectivity index (χ3v) is 4.25. The maximum atomic E-state index is 12.2. The predicted octanol–water partition coefficient (Wildman–Crippen LogP) is 3.14. The first-order valence-electron chi connectivity index (χ1n) is 6.39. The lowest BCUT2D eigenvalue weighted by atomic mass is 10.1. The van der Waals surface area contributed by atoms with Gasteiger partial charge < -0.3 is 0 Å². The van der Waals surface area contributed by atoms with Gasteiger partial charge >= 0.3 is 0 Å². The van der Waals surface area contributed by atoms with E-state index in [9.17, 15) is 25.0 Å². The Balaban J connectivity index is 2.43. The van der Waals surface area contributed by atoms with E-state index in [4.69, 9.17) is 0 Å². The Morgan fingerprint density at radius 2 is 1.65 bits per heavy atom. The number of carbonyl (C=O) groups is 1. The largest absolute Gasteiger partial charge is 0.298 e. The average molecular weight is 336 g/mol. The van der Waals surface area contributed by atoms with Gasteiger partial charge in [-0.2, -0.15) is 0 Å². The van der Waals surface area contributed by atoms with E-state index in [0.717, 1.165) is 22.7 Å². The molecule has 0 spiro atoms. The van der Waals surface area contributed by atoms with Crippen molar-refractivity contribution in [2.75, 3.05) is 5.32 Å². The number of carbonyl (C=O) groups excluding carboxylic acids is 1. The highest BCUT2D eigenvalue weighted by atomic mass is 32.1. The molecule has 0 aliphatic rings. The number of nitrogens with zero attached hydrogens (tertiary/aromatic N) is 3. The molecule has 1 amide bonds. The molecule has 0 fully saturated rings. The van der Waals surface area contributed by atoms with Crippen LogP contribution in [0.5, 0.6) is 0 Å². The molecular formula is C13H12N4O5S. The molecule has 9 nitrogen and oxygen atoms in total. The van der Waals surface area contributed by atoms with E-state index in [1.165, 1.54) is 18.3 Å². The minimum absolute atomic E-state index is 0.0995. The fourth-order valence-corrected chi connectivity index (χ4v) is 2.70. The van der Waals surface area contributed by atoms with Gasteiger partial charge in [0.15, 0.2) is 5.13 Å². The van der Waals surface area contributed by atoms with E-state index in [2.05, 4.69) is 10.3 Å².